The van der Waals surface area contributed by atoms with Crippen molar-refractivity contribution in [3.05, 3.63) is 35.8 Å². The molecule has 2 atom stereocenters. The Morgan fingerprint density at radius 1 is 1.56 bits per heavy atom. The molecule has 0 bridgehead atoms. The molecule has 2 N–H and O–H groups in total. The molecule has 98 valence electrons. The number of carbonyl (C=O) groups is 1. The van der Waals surface area contributed by atoms with Crippen molar-refractivity contribution in [2.24, 2.45) is 10.8 Å². The lowest BCUT2D eigenvalue weighted by atomic mass is 9.56. The molecular weight excluding hydrogens is 294 g/mol. The number of alkyl halides is 1. The SMILES string of the molecule is CC12C=CC=C(NC(=O)CBr)C1(C)CC(O)=CC2. The molecular formula is C14H18BrNO2. The van der Waals surface area contributed by atoms with E-state index in [1.807, 2.05) is 18.2 Å². The van der Waals surface area contributed by atoms with Gasteiger partial charge in [0.25, 0.3) is 0 Å². The van der Waals surface area contributed by atoms with E-state index < -0.39 is 0 Å². The highest BCUT2D eigenvalue weighted by Gasteiger charge is 2.49. The number of halogens is 1. The van der Waals surface area contributed by atoms with Crippen LogP contribution < -0.4 is 5.32 Å². The number of amides is 1. The first kappa shape index (κ1) is 13.4. The van der Waals surface area contributed by atoms with Gasteiger partial charge < -0.3 is 10.4 Å². The third kappa shape index (κ3) is 2.03. The zero-order chi connectivity index (χ0) is 13.4. The van der Waals surface area contributed by atoms with Crippen LogP contribution in [0.5, 0.6) is 0 Å². The van der Waals surface area contributed by atoms with Crippen molar-refractivity contribution >= 4 is 21.8 Å². The van der Waals surface area contributed by atoms with Crippen LogP contribution in [0.1, 0.15) is 26.7 Å². The van der Waals surface area contributed by atoms with Gasteiger partial charge in [-0.15, -0.1) is 0 Å². The van der Waals surface area contributed by atoms with E-state index in [0.29, 0.717) is 12.2 Å². The highest BCUT2D eigenvalue weighted by molar-refractivity contribution is 9.09. The molecule has 0 heterocycles. The average molecular weight is 312 g/mol. The van der Waals surface area contributed by atoms with Crippen LogP contribution in [0.3, 0.4) is 0 Å². The minimum Gasteiger partial charge on any atom is -0.513 e. The summed E-state index contributed by atoms with van der Waals surface area (Å²) in [5.41, 5.74) is 0.554. The Hall–Kier alpha value is -1.03. The minimum absolute atomic E-state index is 0.0610. The lowest BCUT2D eigenvalue weighted by Crippen LogP contribution is -2.46. The smallest absolute Gasteiger partial charge is 0.234 e. The largest absolute Gasteiger partial charge is 0.513 e. The van der Waals surface area contributed by atoms with Crippen LogP contribution in [0.25, 0.3) is 0 Å². The van der Waals surface area contributed by atoms with Crippen molar-refractivity contribution in [1.29, 1.82) is 0 Å². The van der Waals surface area contributed by atoms with Crippen LogP contribution in [0, 0.1) is 10.8 Å². The first-order chi connectivity index (χ1) is 8.41. The maximum atomic E-state index is 11.6. The van der Waals surface area contributed by atoms with E-state index in [1.165, 1.54) is 0 Å². The van der Waals surface area contributed by atoms with Gasteiger partial charge in [0.05, 0.1) is 11.1 Å². The highest BCUT2D eigenvalue weighted by atomic mass is 79.9. The lowest BCUT2D eigenvalue weighted by Gasteiger charge is -2.50. The molecule has 0 spiro atoms. The van der Waals surface area contributed by atoms with E-state index in [4.69, 9.17) is 0 Å². The highest BCUT2D eigenvalue weighted by Crippen LogP contribution is 2.55. The molecule has 0 fully saturated rings. The molecule has 18 heavy (non-hydrogen) atoms. The average Bonchev–Trinajstić information content (AvgIpc) is 2.32. The fraction of sp³-hybridized carbons (Fsp3) is 0.500. The Kier molecular flexibility index (Phi) is 3.41. The van der Waals surface area contributed by atoms with Gasteiger partial charge in [-0.05, 0) is 18.6 Å². The predicted octanol–water partition coefficient (Wildman–Crippen LogP) is 3.20. The summed E-state index contributed by atoms with van der Waals surface area (Å²) in [6, 6.07) is 0. The van der Waals surface area contributed by atoms with Crippen molar-refractivity contribution in [3.8, 4) is 0 Å². The summed E-state index contributed by atoms with van der Waals surface area (Å²) >= 11 is 3.15. The molecule has 1 amide bonds. The van der Waals surface area contributed by atoms with Gasteiger partial charge in [-0.1, -0.05) is 41.9 Å². The Morgan fingerprint density at radius 3 is 2.94 bits per heavy atom. The molecule has 0 aromatic heterocycles. The molecule has 4 heteroatoms. The maximum Gasteiger partial charge on any atom is 0.234 e. The second kappa shape index (κ2) is 4.57. The summed E-state index contributed by atoms with van der Waals surface area (Å²) in [6.45, 7) is 4.26. The van der Waals surface area contributed by atoms with Crippen LogP contribution >= 0.6 is 15.9 Å². The van der Waals surface area contributed by atoms with Crippen LogP contribution in [-0.4, -0.2) is 16.3 Å². The normalized spacial score (nSPS) is 34.4. The van der Waals surface area contributed by atoms with Crippen LogP contribution in [0.4, 0.5) is 0 Å². The number of carbonyl (C=O) groups excluding carboxylic acids is 1. The Bertz CT molecular complexity index is 466. The number of rotatable bonds is 2. The maximum absolute atomic E-state index is 11.6. The van der Waals surface area contributed by atoms with E-state index in [0.717, 1.165) is 12.1 Å². The summed E-state index contributed by atoms with van der Waals surface area (Å²) in [5, 5.41) is 13.0. The topological polar surface area (TPSA) is 49.3 Å². The quantitative estimate of drug-likeness (QED) is 0.769. The molecule has 2 unspecified atom stereocenters. The molecule has 2 rings (SSSR count). The van der Waals surface area contributed by atoms with Crippen molar-refractivity contribution in [1.82, 2.24) is 5.32 Å². The van der Waals surface area contributed by atoms with Crippen molar-refractivity contribution in [2.45, 2.75) is 26.7 Å². The molecule has 0 aromatic carbocycles. The van der Waals surface area contributed by atoms with Crippen LogP contribution in [0.15, 0.2) is 35.8 Å². The molecule has 0 saturated heterocycles. The van der Waals surface area contributed by atoms with Crippen LogP contribution in [-0.2, 0) is 4.79 Å². The molecule has 3 nitrogen and oxygen atoms in total. The van der Waals surface area contributed by atoms with Gasteiger partial charge in [0.15, 0.2) is 0 Å². The van der Waals surface area contributed by atoms with Crippen molar-refractivity contribution in [2.75, 3.05) is 5.33 Å². The summed E-state index contributed by atoms with van der Waals surface area (Å²) in [6.07, 6.45) is 9.30. The van der Waals surface area contributed by atoms with Crippen LogP contribution in [0.2, 0.25) is 0 Å². The second-order valence-electron chi connectivity index (χ2n) is 5.45. The van der Waals surface area contributed by atoms with Crippen molar-refractivity contribution < 1.29 is 9.90 Å². The molecule has 2 aliphatic carbocycles. The Morgan fingerprint density at radius 2 is 2.28 bits per heavy atom. The number of aliphatic hydroxyl groups excluding tert-OH is 1. The second-order valence-corrected chi connectivity index (χ2v) is 6.01. The zero-order valence-electron chi connectivity index (χ0n) is 10.7. The Labute approximate surface area is 116 Å². The Balaban J connectivity index is 2.37. The first-order valence-electron chi connectivity index (χ1n) is 6.05. The van der Waals surface area contributed by atoms with Gasteiger partial charge in [-0.3, -0.25) is 4.79 Å². The summed E-state index contributed by atoms with van der Waals surface area (Å²) < 4.78 is 0. The van der Waals surface area contributed by atoms with Gasteiger partial charge in [0.1, 0.15) is 0 Å². The van der Waals surface area contributed by atoms with Gasteiger partial charge in [-0.2, -0.15) is 0 Å². The van der Waals surface area contributed by atoms with E-state index in [2.05, 4.69) is 41.2 Å². The third-order valence-corrected chi connectivity index (χ3v) is 4.78. The van der Waals surface area contributed by atoms with Gasteiger partial charge in [-0.25, -0.2) is 0 Å². The number of aliphatic hydroxyl groups is 1. The summed E-state index contributed by atoms with van der Waals surface area (Å²) in [4.78, 5) is 11.6. The lowest BCUT2D eigenvalue weighted by molar-refractivity contribution is -0.118. The summed E-state index contributed by atoms with van der Waals surface area (Å²) in [7, 11) is 0. The van der Waals surface area contributed by atoms with E-state index in [1.54, 1.807) is 0 Å². The van der Waals surface area contributed by atoms with Crippen molar-refractivity contribution in [3.63, 3.8) is 0 Å². The number of hydrogen-bond acceptors (Lipinski definition) is 2. The molecule has 0 aromatic rings. The minimum atomic E-state index is -0.265. The van der Waals surface area contributed by atoms with E-state index in [9.17, 15) is 9.90 Å². The molecule has 2 aliphatic rings. The van der Waals surface area contributed by atoms with Gasteiger partial charge in [0.2, 0.25) is 5.91 Å². The molecule has 0 radical (unpaired) electrons. The number of hydrogen-bond donors (Lipinski definition) is 2. The standard InChI is InChI=1S/C14H18BrNO2/c1-13-6-3-4-11(16-12(18)9-15)14(13,2)8-10(17)5-7-13/h3-6,17H,7-9H2,1-2H3,(H,16,18). The van der Waals surface area contributed by atoms with Gasteiger partial charge >= 0.3 is 0 Å². The number of allylic oxidation sites excluding steroid dienone is 6. The fourth-order valence-electron chi connectivity index (χ4n) is 2.75. The predicted molar refractivity (Wildman–Crippen MR) is 75.3 cm³/mol. The number of fused-ring (bicyclic) bond motifs is 1. The monoisotopic (exact) mass is 311 g/mol. The zero-order valence-corrected chi connectivity index (χ0v) is 12.3. The van der Waals surface area contributed by atoms with E-state index in [-0.39, 0.29) is 22.1 Å². The number of nitrogens with one attached hydrogen (secondary N) is 1. The first-order valence-corrected chi connectivity index (χ1v) is 7.17. The van der Waals surface area contributed by atoms with E-state index >= 15 is 0 Å². The fourth-order valence-corrected chi connectivity index (χ4v) is 2.89. The molecule has 0 aliphatic heterocycles. The third-order valence-electron chi connectivity index (χ3n) is 4.27. The summed E-state index contributed by atoms with van der Waals surface area (Å²) in [5.74, 6) is 0.346. The van der Waals surface area contributed by atoms with Gasteiger partial charge in [0, 0.05) is 22.9 Å². The molecule has 0 saturated carbocycles.